The Labute approximate surface area is 159 Å². The predicted molar refractivity (Wildman–Crippen MR) is 103 cm³/mol. The van der Waals surface area contributed by atoms with Crippen LogP contribution >= 0.6 is 0 Å². The molecule has 0 bridgehead atoms. The van der Waals surface area contributed by atoms with Gasteiger partial charge in [-0.25, -0.2) is 0 Å². The van der Waals surface area contributed by atoms with Crippen molar-refractivity contribution in [2.45, 2.75) is 59.5 Å². The molecular weight excluding hydrogens is 336 g/mol. The minimum Gasteiger partial charge on any atom is -0.381 e. The molecule has 0 aliphatic carbocycles. The zero-order valence-corrected chi connectivity index (χ0v) is 17.3. The van der Waals surface area contributed by atoms with Crippen LogP contribution in [0, 0.1) is 5.92 Å². The minimum absolute atomic E-state index is 0.115. The lowest BCUT2D eigenvalue weighted by molar-refractivity contribution is -0.124. The number of hydrogen-bond donors (Lipinski definition) is 0. The van der Waals surface area contributed by atoms with Gasteiger partial charge in [0.2, 0.25) is 0 Å². The molecule has 6 heteroatoms. The van der Waals surface area contributed by atoms with E-state index in [-0.39, 0.29) is 18.5 Å². The zero-order chi connectivity index (χ0) is 19.5. The quantitative estimate of drug-likeness (QED) is 0.304. The Morgan fingerprint density at radius 2 is 1.23 bits per heavy atom. The van der Waals surface area contributed by atoms with Gasteiger partial charge in [-0.3, -0.25) is 4.79 Å². The highest BCUT2D eigenvalue weighted by atomic mass is 16.6. The minimum atomic E-state index is 0.115. The maximum absolute atomic E-state index is 11.7. The average Bonchev–Trinajstić information content (AvgIpc) is 2.58. The Balaban J connectivity index is 3.17. The molecule has 0 unspecified atom stereocenters. The van der Waals surface area contributed by atoms with Crippen LogP contribution in [-0.2, 0) is 28.5 Å². The molecule has 0 heterocycles. The summed E-state index contributed by atoms with van der Waals surface area (Å²) >= 11 is 0. The Morgan fingerprint density at radius 3 is 1.85 bits per heavy atom. The van der Waals surface area contributed by atoms with Gasteiger partial charge in [-0.1, -0.05) is 13.8 Å². The summed E-state index contributed by atoms with van der Waals surface area (Å²) in [4.78, 5) is 11.7. The second-order valence-corrected chi connectivity index (χ2v) is 6.99. The van der Waals surface area contributed by atoms with Crippen LogP contribution in [0.5, 0.6) is 0 Å². The summed E-state index contributed by atoms with van der Waals surface area (Å²) in [6.45, 7) is 13.1. The van der Waals surface area contributed by atoms with E-state index in [0.29, 0.717) is 52.7 Å². The standard InChI is InChI=1S/C20H40O6/c1-18(2)7-5-9-22-10-6-8-20(21)17-25-14-13-23-11-12-24-15-16-26-19(3)4/h18-19H,5-17H2,1-4H3. The van der Waals surface area contributed by atoms with Crippen molar-refractivity contribution in [1.29, 1.82) is 0 Å². The van der Waals surface area contributed by atoms with Gasteiger partial charge in [0.15, 0.2) is 5.78 Å². The fourth-order valence-corrected chi connectivity index (χ4v) is 2.11. The van der Waals surface area contributed by atoms with Gasteiger partial charge >= 0.3 is 0 Å². The molecule has 0 spiro atoms. The lowest BCUT2D eigenvalue weighted by atomic mass is 10.1. The zero-order valence-electron chi connectivity index (χ0n) is 17.3. The van der Waals surface area contributed by atoms with Crippen LogP contribution in [0.2, 0.25) is 0 Å². The van der Waals surface area contributed by atoms with Crippen LogP contribution < -0.4 is 0 Å². The molecule has 0 N–H and O–H groups in total. The Morgan fingerprint density at radius 1 is 0.692 bits per heavy atom. The van der Waals surface area contributed by atoms with Gasteiger partial charge in [0.25, 0.3) is 0 Å². The summed E-state index contributed by atoms with van der Waals surface area (Å²) in [5.41, 5.74) is 0. The molecule has 0 fully saturated rings. The van der Waals surface area contributed by atoms with E-state index in [0.717, 1.165) is 25.4 Å². The number of carbonyl (C=O) groups excluding carboxylic acids is 1. The fourth-order valence-electron chi connectivity index (χ4n) is 2.11. The highest BCUT2D eigenvalue weighted by molar-refractivity contribution is 5.79. The molecule has 6 nitrogen and oxygen atoms in total. The van der Waals surface area contributed by atoms with Gasteiger partial charge in [-0.2, -0.15) is 0 Å². The first-order chi connectivity index (χ1) is 12.5. The van der Waals surface area contributed by atoms with Crippen molar-refractivity contribution in [3.8, 4) is 0 Å². The van der Waals surface area contributed by atoms with E-state index in [1.807, 2.05) is 13.8 Å². The van der Waals surface area contributed by atoms with E-state index in [4.69, 9.17) is 23.7 Å². The largest absolute Gasteiger partial charge is 0.381 e. The number of hydrogen-bond acceptors (Lipinski definition) is 6. The summed E-state index contributed by atoms with van der Waals surface area (Å²) in [6.07, 6.45) is 3.78. The highest BCUT2D eigenvalue weighted by Crippen LogP contribution is 2.03. The predicted octanol–water partition coefficient (Wildman–Crippen LogP) is 3.26. The Kier molecular flexibility index (Phi) is 18.8. The van der Waals surface area contributed by atoms with Crippen LogP contribution in [0.4, 0.5) is 0 Å². The first-order valence-electron chi connectivity index (χ1n) is 9.96. The van der Waals surface area contributed by atoms with Crippen LogP contribution in [-0.4, -0.2) is 71.3 Å². The highest BCUT2D eigenvalue weighted by Gasteiger charge is 2.02. The SMILES string of the molecule is CC(C)CCCOCCCC(=O)COCCOCCOCCOC(C)C. The molecule has 0 aromatic rings. The first kappa shape index (κ1) is 25.5. The third-order valence-electron chi connectivity index (χ3n) is 3.50. The van der Waals surface area contributed by atoms with E-state index >= 15 is 0 Å². The Bertz CT molecular complexity index is 307. The third kappa shape index (κ3) is 21.5. The topological polar surface area (TPSA) is 63.2 Å². The van der Waals surface area contributed by atoms with Gasteiger partial charge in [0.1, 0.15) is 6.61 Å². The third-order valence-corrected chi connectivity index (χ3v) is 3.50. The molecule has 0 aliphatic heterocycles. The van der Waals surface area contributed by atoms with Crippen molar-refractivity contribution in [3.63, 3.8) is 0 Å². The monoisotopic (exact) mass is 376 g/mol. The second-order valence-electron chi connectivity index (χ2n) is 6.99. The van der Waals surface area contributed by atoms with E-state index in [9.17, 15) is 4.79 Å². The van der Waals surface area contributed by atoms with Crippen molar-refractivity contribution in [3.05, 3.63) is 0 Å². The second kappa shape index (κ2) is 19.2. The van der Waals surface area contributed by atoms with Crippen molar-refractivity contribution < 1.29 is 28.5 Å². The molecule has 0 radical (unpaired) electrons. The number of carbonyl (C=O) groups is 1. The lowest BCUT2D eigenvalue weighted by Gasteiger charge is -2.09. The van der Waals surface area contributed by atoms with E-state index < -0.39 is 0 Å². The van der Waals surface area contributed by atoms with Crippen molar-refractivity contribution >= 4 is 5.78 Å². The number of ketones is 1. The molecule has 0 aromatic heterocycles. The van der Waals surface area contributed by atoms with Gasteiger partial charge in [0.05, 0.1) is 45.7 Å². The van der Waals surface area contributed by atoms with E-state index in [1.165, 1.54) is 6.42 Å². The van der Waals surface area contributed by atoms with Gasteiger partial charge in [0, 0.05) is 19.6 Å². The van der Waals surface area contributed by atoms with Gasteiger partial charge in [-0.15, -0.1) is 0 Å². The van der Waals surface area contributed by atoms with E-state index in [1.54, 1.807) is 0 Å². The summed E-state index contributed by atoms with van der Waals surface area (Å²) < 4.78 is 26.9. The number of Topliss-reactive ketones (excluding diaryl/α,β-unsaturated/α-hetero) is 1. The number of rotatable bonds is 20. The molecule has 0 saturated heterocycles. The molecule has 0 rings (SSSR count). The maximum Gasteiger partial charge on any atom is 0.158 e. The molecule has 0 aliphatic rings. The van der Waals surface area contributed by atoms with Gasteiger partial charge in [-0.05, 0) is 39.0 Å². The number of ether oxygens (including phenoxy) is 5. The summed E-state index contributed by atoms with van der Waals surface area (Å²) in [5, 5.41) is 0. The maximum atomic E-state index is 11.7. The van der Waals surface area contributed by atoms with Crippen LogP contribution in [0.15, 0.2) is 0 Å². The lowest BCUT2D eigenvalue weighted by Crippen LogP contribution is -2.15. The summed E-state index contributed by atoms with van der Waals surface area (Å²) in [7, 11) is 0. The van der Waals surface area contributed by atoms with Crippen molar-refractivity contribution in [2.75, 3.05) is 59.5 Å². The van der Waals surface area contributed by atoms with Crippen molar-refractivity contribution in [2.24, 2.45) is 5.92 Å². The van der Waals surface area contributed by atoms with Gasteiger partial charge < -0.3 is 23.7 Å². The van der Waals surface area contributed by atoms with E-state index in [2.05, 4.69) is 13.8 Å². The Hall–Kier alpha value is -0.530. The fraction of sp³-hybridized carbons (Fsp3) is 0.950. The van der Waals surface area contributed by atoms with Crippen LogP contribution in [0.1, 0.15) is 53.4 Å². The molecule has 156 valence electrons. The molecule has 0 aromatic carbocycles. The summed E-state index contributed by atoms with van der Waals surface area (Å²) in [6, 6.07) is 0. The van der Waals surface area contributed by atoms with Crippen molar-refractivity contribution in [1.82, 2.24) is 0 Å². The van der Waals surface area contributed by atoms with Crippen LogP contribution in [0.25, 0.3) is 0 Å². The normalized spacial score (nSPS) is 11.6. The first-order valence-corrected chi connectivity index (χ1v) is 9.96. The molecule has 0 atom stereocenters. The van der Waals surface area contributed by atoms with Crippen LogP contribution in [0.3, 0.4) is 0 Å². The molecule has 0 saturated carbocycles. The average molecular weight is 377 g/mol. The molecular formula is C20H40O6. The molecule has 26 heavy (non-hydrogen) atoms. The smallest absolute Gasteiger partial charge is 0.158 e. The molecule has 0 amide bonds. The summed E-state index contributed by atoms with van der Waals surface area (Å²) in [5.74, 6) is 0.836.